The second-order valence-electron chi connectivity index (χ2n) is 4.35. The van der Waals surface area contributed by atoms with E-state index in [1.807, 2.05) is 6.92 Å². The van der Waals surface area contributed by atoms with Crippen LogP contribution < -0.4 is 0 Å². The molecular weight excluding hydrogens is 176 g/mol. The summed E-state index contributed by atoms with van der Waals surface area (Å²) in [7, 11) is 2.18. The van der Waals surface area contributed by atoms with Gasteiger partial charge in [-0.25, -0.2) is 0 Å². The highest BCUT2D eigenvalue weighted by molar-refractivity contribution is 4.69. The second-order valence-corrected chi connectivity index (χ2v) is 4.35. The Hall–Kier alpha value is -0.120. The van der Waals surface area contributed by atoms with Crippen LogP contribution in [0.3, 0.4) is 0 Å². The smallest absolute Gasteiger partial charge is 0.0538 e. The van der Waals surface area contributed by atoms with Crippen molar-refractivity contribution in [2.24, 2.45) is 0 Å². The Morgan fingerprint density at radius 2 is 1.86 bits per heavy atom. The molecule has 0 aromatic heterocycles. The van der Waals surface area contributed by atoms with Gasteiger partial charge in [0.2, 0.25) is 0 Å². The highest BCUT2D eigenvalue weighted by Gasteiger charge is 2.13. The minimum absolute atomic E-state index is 0.0811. The third-order valence-electron chi connectivity index (χ3n) is 3.08. The maximum absolute atomic E-state index is 9.40. The topological polar surface area (TPSA) is 26.7 Å². The number of aliphatic hydroxyl groups is 1. The Labute approximate surface area is 87.7 Å². The van der Waals surface area contributed by atoms with E-state index in [2.05, 4.69) is 16.8 Å². The fourth-order valence-corrected chi connectivity index (χ4v) is 1.83. The molecule has 14 heavy (non-hydrogen) atoms. The lowest BCUT2D eigenvalue weighted by atomic mass is 10.1. The lowest BCUT2D eigenvalue weighted by Crippen LogP contribution is -2.44. The molecular formula is C11H24N2O. The maximum atomic E-state index is 9.40. The summed E-state index contributed by atoms with van der Waals surface area (Å²) >= 11 is 0. The van der Waals surface area contributed by atoms with Gasteiger partial charge in [-0.2, -0.15) is 0 Å². The summed E-state index contributed by atoms with van der Waals surface area (Å²) in [5, 5.41) is 9.40. The summed E-state index contributed by atoms with van der Waals surface area (Å²) in [6, 6.07) is 0. The average Bonchev–Trinajstić information content (AvgIpc) is 2.21. The number of hydrogen-bond donors (Lipinski definition) is 1. The van der Waals surface area contributed by atoms with Gasteiger partial charge in [0.15, 0.2) is 0 Å². The van der Waals surface area contributed by atoms with E-state index in [4.69, 9.17) is 0 Å². The Balaban J connectivity index is 2.02. The quantitative estimate of drug-likeness (QED) is 0.710. The number of likely N-dealkylation sites (N-methyl/N-ethyl adjacent to an activating group) is 1. The number of aliphatic hydroxyl groups excluding tert-OH is 1. The summed E-state index contributed by atoms with van der Waals surface area (Å²) in [5.41, 5.74) is 0. The van der Waals surface area contributed by atoms with Gasteiger partial charge in [0.25, 0.3) is 0 Å². The molecule has 0 aromatic rings. The van der Waals surface area contributed by atoms with Crippen LogP contribution in [0.2, 0.25) is 0 Å². The van der Waals surface area contributed by atoms with Gasteiger partial charge >= 0.3 is 0 Å². The third-order valence-corrected chi connectivity index (χ3v) is 3.08. The Morgan fingerprint density at radius 3 is 2.43 bits per heavy atom. The van der Waals surface area contributed by atoms with Crippen molar-refractivity contribution in [3.63, 3.8) is 0 Å². The van der Waals surface area contributed by atoms with Gasteiger partial charge < -0.3 is 14.9 Å². The molecule has 84 valence electrons. The molecule has 1 fully saturated rings. The van der Waals surface area contributed by atoms with E-state index in [-0.39, 0.29) is 6.10 Å². The largest absolute Gasteiger partial charge is 0.393 e. The predicted octanol–water partition coefficient (Wildman–Crippen LogP) is 0.785. The van der Waals surface area contributed by atoms with Crippen molar-refractivity contribution in [2.45, 2.75) is 32.3 Å². The van der Waals surface area contributed by atoms with Crippen molar-refractivity contribution >= 4 is 0 Å². The van der Waals surface area contributed by atoms with Gasteiger partial charge in [-0.1, -0.05) is 6.92 Å². The Kier molecular flexibility index (Phi) is 5.45. The van der Waals surface area contributed by atoms with Gasteiger partial charge in [-0.05, 0) is 32.9 Å². The molecule has 0 bridgehead atoms. The molecule has 1 N–H and O–H groups in total. The predicted molar refractivity (Wildman–Crippen MR) is 59.5 cm³/mol. The zero-order chi connectivity index (χ0) is 10.4. The minimum Gasteiger partial charge on any atom is -0.393 e. The zero-order valence-corrected chi connectivity index (χ0v) is 9.58. The number of rotatable bonds is 5. The third kappa shape index (κ3) is 4.40. The van der Waals surface area contributed by atoms with Crippen LogP contribution in [0.15, 0.2) is 0 Å². The number of piperazine rings is 1. The zero-order valence-electron chi connectivity index (χ0n) is 9.58. The first kappa shape index (κ1) is 12.0. The molecule has 0 radical (unpaired) electrons. The molecule has 1 unspecified atom stereocenters. The molecule has 1 aliphatic heterocycles. The first-order valence-corrected chi connectivity index (χ1v) is 5.81. The van der Waals surface area contributed by atoms with Crippen molar-refractivity contribution < 1.29 is 5.11 Å². The van der Waals surface area contributed by atoms with Crippen LogP contribution in [0.4, 0.5) is 0 Å². The minimum atomic E-state index is -0.0811. The molecule has 1 heterocycles. The van der Waals surface area contributed by atoms with E-state index in [0.29, 0.717) is 0 Å². The summed E-state index contributed by atoms with van der Waals surface area (Å²) in [5.74, 6) is 0. The van der Waals surface area contributed by atoms with Crippen LogP contribution >= 0.6 is 0 Å². The van der Waals surface area contributed by atoms with Crippen molar-refractivity contribution in [3.05, 3.63) is 0 Å². The number of nitrogens with zero attached hydrogens (tertiary/aromatic N) is 2. The lowest BCUT2D eigenvalue weighted by Gasteiger charge is -2.32. The summed E-state index contributed by atoms with van der Waals surface area (Å²) in [6.07, 6.45) is 2.91. The van der Waals surface area contributed by atoms with Crippen LogP contribution in [0.1, 0.15) is 26.2 Å². The number of hydrogen-bond acceptors (Lipinski definition) is 3. The van der Waals surface area contributed by atoms with E-state index < -0.39 is 0 Å². The van der Waals surface area contributed by atoms with E-state index >= 15 is 0 Å². The van der Waals surface area contributed by atoms with Crippen molar-refractivity contribution in [1.29, 1.82) is 0 Å². The van der Waals surface area contributed by atoms with Crippen LogP contribution in [-0.4, -0.2) is 60.8 Å². The van der Waals surface area contributed by atoms with Crippen LogP contribution in [0.5, 0.6) is 0 Å². The van der Waals surface area contributed by atoms with Gasteiger partial charge in [0.05, 0.1) is 6.10 Å². The highest BCUT2D eigenvalue weighted by atomic mass is 16.3. The molecule has 0 aromatic carbocycles. The van der Waals surface area contributed by atoms with Crippen molar-refractivity contribution in [3.8, 4) is 0 Å². The van der Waals surface area contributed by atoms with Crippen LogP contribution in [0, 0.1) is 0 Å². The SMILES string of the molecule is CCC(O)CCCN1CCN(C)CC1. The molecule has 0 amide bonds. The van der Waals surface area contributed by atoms with Crippen LogP contribution in [-0.2, 0) is 0 Å². The molecule has 1 rings (SSSR count). The first-order chi connectivity index (χ1) is 6.72. The molecule has 1 atom stereocenters. The highest BCUT2D eigenvalue weighted by Crippen LogP contribution is 2.05. The second kappa shape index (κ2) is 6.38. The van der Waals surface area contributed by atoms with Crippen molar-refractivity contribution in [1.82, 2.24) is 9.80 Å². The Bertz CT molecular complexity index is 144. The standard InChI is InChI=1S/C11H24N2O/c1-3-11(14)5-4-6-13-9-7-12(2)8-10-13/h11,14H,3-10H2,1-2H3. The molecule has 1 saturated heterocycles. The monoisotopic (exact) mass is 200 g/mol. The maximum Gasteiger partial charge on any atom is 0.0538 e. The first-order valence-electron chi connectivity index (χ1n) is 5.81. The van der Waals surface area contributed by atoms with Gasteiger partial charge in [-0.3, -0.25) is 0 Å². The van der Waals surface area contributed by atoms with Gasteiger partial charge in [0.1, 0.15) is 0 Å². The average molecular weight is 200 g/mol. The lowest BCUT2D eigenvalue weighted by molar-refractivity contribution is 0.129. The van der Waals surface area contributed by atoms with Crippen molar-refractivity contribution in [2.75, 3.05) is 39.8 Å². The fourth-order valence-electron chi connectivity index (χ4n) is 1.83. The molecule has 0 aliphatic carbocycles. The molecule has 0 spiro atoms. The van der Waals surface area contributed by atoms with Gasteiger partial charge in [-0.15, -0.1) is 0 Å². The van der Waals surface area contributed by atoms with E-state index in [9.17, 15) is 5.11 Å². The van der Waals surface area contributed by atoms with Crippen LogP contribution in [0.25, 0.3) is 0 Å². The molecule has 3 heteroatoms. The van der Waals surface area contributed by atoms with E-state index in [1.165, 1.54) is 26.2 Å². The summed E-state index contributed by atoms with van der Waals surface area (Å²) < 4.78 is 0. The molecule has 3 nitrogen and oxygen atoms in total. The van der Waals surface area contributed by atoms with E-state index in [1.54, 1.807) is 0 Å². The summed E-state index contributed by atoms with van der Waals surface area (Å²) in [4.78, 5) is 4.87. The Morgan fingerprint density at radius 1 is 1.21 bits per heavy atom. The summed E-state index contributed by atoms with van der Waals surface area (Å²) in [6.45, 7) is 7.97. The van der Waals surface area contributed by atoms with E-state index in [0.717, 1.165) is 25.8 Å². The molecule has 0 saturated carbocycles. The molecule has 1 aliphatic rings. The normalized spacial score (nSPS) is 22.5. The van der Waals surface area contributed by atoms with Gasteiger partial charge in [0, 0.05) is 26.2 Å². The fraction of sp³-hybridized carbons (Fsp3) is 1.00.